The third-order valence-electron chi connectivity index (χ3n) is 4.18. The van der Waals surface area contributed by atoms with Gasteiger partial charge in [0.1, 0.15) is 10.8 Å². The van der Waals surface area contributed by atoms with Gasteiger partial charge in [0.15, 0.2) is 0 Å². The van der Waals surface area contributed by atoms with E-state index in [-0.39, 0.29) is 36.2 Å². The van der Waals surface area contributed by atoms with Gasteiger partial charge in [0, 0.05) is 13.1 Å². The summed E-state index contributed by atoms with van der Waals surface area (Å²) in [4.78, 5) is 30.5. The minimum absolute atomic E-state index is 0.0741. The Balaban J connectivity index is 1.31. The summed E-state index contributed by atoms with van der Waals surface area (Å²) in [5.41, 5.74) is 1.16. The van der Waals surface area contributed by atoms with Gasteiger partial charge in [-0.1, -0.05) is 24.3 Å². The molecule has 2 aromatic heterocycles. The standard InChI is InChI=1S/C21H17N3O3S2/c25-15-7-3-1-5-13(15)19(26)22-11-12-23-20(27)17-9-10-18(28-17)21-24-14-6-2-4-8-16(14)29-21/h1-10,25H,11-12H2,(H,22,26)(H,23,27). The van der Waals surface area contributed by atoms with Gasteiger partial charge in [-0.2, -0.15) is 0 Å². The predicted octanol–water partition coefficient (Wildman–Crippen LogP) is 3.89. The number of carbonyl (C=O) groups excluding carboxylic acids is 2. The second-order valence-electron chi connectivity index (χ2n) is 6.18. The highest BCUT2D eigenvalue weighted by atomic mass is 32.1. The summed E-state index contributed by atoms with van der Waals surface area (Å²) < 4.78 is 1.11. The summed E-state index contributed by atoms with van der Waals surface area (Å²) in [7, 11) is 0. The molecule has 8 heteroatoms. The van der Waals surface area contributed by atoms with Gasteiger partial charge in [0.05, 0.1) is 25.5 Å². The SMILES string of the molecule is O=C(NCCNC(=O)c1ccccc1O)c1ccc(-c2nc3ccccc3s2)s1. The molecule has 0 saturated heterocycles. The molecule has 0 radical (unpaired) electrons. The number of fused-ring (bicyclic) bond motifs is 1. The van der Waals surface area contributed by atoms with E-state index in [1.54, 1.807) is 35.6 Å². The average Bonchev–Trinajstić information content (AvgIpc) is 3.38. The Kier molecular flexibility index (Phi) is 5.55. The van der Waals surface area contributed by atoms with Crippen molar-refractivity contribution in [3.05, 3.63) is 71.1 Å². The Bertz CT molecular complexity index is 1150. The molecule has 0 spiro atoms. The van der Waals surface area contributed by atoms with Crippen molar-refractivity contribution in [2.45, 2.75) is 0 Å². The molecule has 4 aromatic rings. The third kappa shape index (κ3) is 4.28. The number of rotatable bonds is 6. The minimum atomic E-state index is -0.383. The van der Waals surface area contributed by atoms with Crippen molar-refractivity contribution in [3.8, 4) is 15.6 Å². The minimum Gasteiger partial charge on any atom is -0.507 e. The Labute approximate surface area is 174 Å². The molecule has 0 aliphatic rings. The van der Waals surface area contributed by atoms with E-state index in [0.717, 1.165) is 20.1 Å². The van der Waals surface area contributed by atoms with Gasteiger partial charge >= 0.3 is 0 Å². The van der Waals surface area contributed by atoms with E-state index in [9.17, 15) is 14.7 Å². The molecule has 146 valence electrons. The van der Waals surface area contributed by atoms with Gasteiger partial charge < -0.3 is 15.7 Å². The molecule has 6 nitrogen and oxygen atoms in total. The zero-order valence-electron chi connectivity index (χ0n) is 15.2. The number of phenolic OH excluding ortho intramolecular Hbond substituents is 1. The number of hydrogen-bond acceptors (Lipinski definition) is 6. The van der Waals surface area contributed by atoms with Gasteiger partial charge in [-0.05, 0) is 36.4 Å². The number of benzene rings is 2. The van der Waals surface area contributed by atoms with Crippen LogP contribution in [0.1, 0.15) is 20.0 Å². The van der Waals surface area contributed by atoms with Gasteiger partial charge in [-0.3, -0.25) is 9.59 Å². The molecule has 3 N–H and O–H groups in total. The lowest BCUT2D eigenvalue weighted by Gasteiger charge is -2.07. The first kappa shape index (κ1) is 19.1. The van der Waals surface area contributed by atoms with Crippen LogP contribution in [0.3, 0.4) is 0 Å². The van der Waals surface area contributed by atoms with Crippen LogP contribution < -0.4 is 10.6 Å². The number of aromatic nitrogens is 1. The van der Waals surface area contributed by atoms with Crippen molar-refractivity contribution in [2.75, 3.05) is 13.1 Å². The predicted molar refractivity (Wildman–Crippen MR) is 116 cm³/mol. The molecular weight excluding hydrogens is 406 g/mol. The molecule has 2 aromatic carbocycles. The lowest BCUT2D eigenvalue weighted by Crippen LogP contribution is -2.34. The number of aromatic hydroxyl groups is 1. The summed E-state index contributed by atoms with van der Waals surface area (Å²) in [5.74, 6) is -0.652. The van der Waals surface area contributed by atoms with E-state index in [1.807, 2.05) is 30.3 Å². The van der Waals surface area contributed by atoms with E-state index in [2.05, 4.69) is 15.6 Å². The lowest BCUT2D eigenvalue weighted by molar-refractivity contribution is 0.0928. The van der Waals surface area contributed by atoms with Crippen molar-refractivity contribution >= 4 is 44.7 Å². The van der Waals surface area contributed by atoms with Crippen LogP contribution >= 0.6 is 22.7 Å². The van der Waals surface area contributed by atoms with E-state index in [1.165, 1.54) is 17.4 Å². The fourth-order valence-electron chi connectivity index (χ4n) is 2.75. The Morgan fingerprint density at radius 2 is 1.59 bits per heavy atom. The van der Waals surface area contributed by atoms with Crippen molar-refractivity contribution in [1.82, 2.24) is 15.6 Å². The Hall–Kier alpha value is -3.23. The maximum absolute atomic E-state index is 12.4. The summed E-state index contributed by atoms with van der Waals surface area (Å²) in [5, 5.41) is 16.0. The number of nitrogens with zero attached hydrogens (tertiary/aromatic N) is 1. The summed E-state index contributed by atoms with van der Waals surface area (Å²) >= 11 is 2.99. The molecule has 0 aliphatic heterocycles. The van der Waals surface area contributed by atoms with E-state index in [0.29, 0.717) is 4.88 Å². The van der Waals surface area contributed by atoms with Crippen LogP contribution in [0, 0.1) is 0 Å². The maximum Gasteiger partial charge on any atom is 0.261 e. The van der Waals surface area contributed by atoms with Crippen molar-refractivity contribution in [2.24, 2.45) is 0 Å². The van der Waals surface area contributed by atoms with Gasteiger partial charge in [-0.25, -0.2) is 4.98 Å². The fraction of sp³-hybridized carbons (Fsp3) is 0.0952. The number of hydrogen-bond donors (Lipinski definition) is 3. The first-order chi connectivity index (χ1) is 14.1. The summed E-state index contributed by atoms with van der Waals surface area (Å²) in [6.45, 7) is 0.543. The van der Waals surface area contributed by atoms with Crippen LogP contribution in [0.25, 0.3) is 20.1 Å². The van der Waals surface area contributed by atoms with Crippen LogP contribution in [0.2, 0.25) is 0 Å². The summed E-state index contributed by atoms with van der Waals surface area (Å²) in [6, 6.07) is 17.9. The number of phenols is 1. The molecule has 2 amide bonds. The molecule has 0 bridgehead atoms. The molecular formula is C21H17N3O3S2. The lowest BCUT2D eigenvalue weighted by atomic mass is 10.2. The molecule has 0 saturated carbocycles. The number of thiazole rings is 1. The van der Waals surface area contributed by atoms with Crippen LogP contribution in [-0.4, -0.2) is 35.0 Å². The number of para-hydroxylation sites is 2. The highest BCUT2D eigenvalue weighted by molar-refractivity contribution is 7.26. The molecule has 0 atom stereocenters. The normalized spacial score (nSPS) is 10.8. The monoisotopic (exact) mass is 423 g/mol. The number of carbonyl (C=O) groups is 2. The second kappa shape index (κ2) is 8.42. The Morgan fingerprint density at radius 3 is 2.38 bits per heavy atom. The molecule has 0 unspecified atom stereocenters. The average molecular weight is 424 g/mol. The molecule has 0 fully saturated rings. The van der Waals surface area contributed by atoms with Gasteiger partial charge in [0.2, 0.25) is 0 Å². The quantitative estimate of drug-likeness (QED) is 0.410. The highest BCUT2D eigenvalue weighted by Gasteiger charge is 2.13. The maximum atomic E-state index is 12.4. The largest absolute Gasteiger partial charge is 0.507 e. The van der Waals surface area contributed by atoms with E-state index >= 15 is 0 Å². The van der Waals surface area contributed by atoms with E-state index in [4.69, 9.17) is 0 Å². The van der Waals surface area contributed by atoms with Crippen molar-refractivity contribution in [3.63, 3.8) is 0 Å². The first-order valence-electron chi connectivity index (χ1n) is 8.92. The van der Waals surface area contributed by atoms with Crippen LogP contribution in [0.15, 0.2) is 60.7 Å². The van der Waals surface area contributed by atoms with Crippen LogP contribution in [0.5, 0.6) is 5.75 Å². The fourth-order valence-corrected chi connectivity index (χ4v) is 4.70. The smallest absolute Gasteiger partial charge is 0.261 e. The van der Waals surface area contributed by atoms with Crippen molar-refractivity contribution < 1.29 is 14.7 Å². The molecule has 4 rings (SSSR count). The number of thiophene rings is 1. The van der Waals surface area contributed by atoms with Crippen LogP contribution in [0.4, 0.5) is 0 Å². The first-order valence-corrected chi connectivity index (χ1v) is 10.6. The third-order valence-corrected chi connectivity index (χ3v) is 6.47. The van der Waals surface area contributed by atoms with Crippen LogP contribution in [-0.2, 0) is 0 Å². The molecule has 2 heterocycles. The zero-order chi connectivity index (χ0) is 20.2. The zero-order valence-corrected chi connectivity index (χ0v) is 16.8. The highest BCUT2D eigenvalue weighted by Crippen LogP contribution is 2.34. The van der Waals surface area contributed by atoms with Gasteiger partial charge in [0.25, 0.3) is 11.8 Å². The molecule has 0 aliphatic carbocycles. The topological polar surface area (TPSA) is 91.3 Å². The number of nitrogens with one attached hydrogen (secondary N) is 2. The van der Waals surface area contributed by atoms with E-state index < -0.39 is 0 Å². The Morgan fingerprint density at radius 1 is 0.862 bits per heavy atom. The van der Waals surface area contributed by atoms with Crippen molar-refractivity contribution in [1.29, 1.82) is 0 Å². The number of amides is 2. The molecule has 29 heavy (non-hydrogen) atoms. The second-order valence-corrected chi connectivity index (χ2v) is 8.29. The summed E-state index contributed by atoms with van der Waals surface area (Å²) in [6.07, 6.45) is 0. The van der Waals surface area contributed by atoms with Gasteiger partial charge in [-0.15, -0.1) is 22.7 Å².